The van der Waals surface area contributed by atoms with Crippen molar-refractivity contribution >= 4 is 17.7 Å². The van der Waals surface area contributed by atoms with Crippen LogP contribution in [0.2, 0.25) is 0 Å². The molecule has 0 saturated heterocycles. The predicted octanol–water partition coefficient (Wildman–Crippen LogP) is 2.71. The summed E-state index contributed by atoms with van der Waals surface area (Å²) in [6, 6.07) is 2.92. The number of anilines is 1. The lowest BCUT2D eigenvalue weighted by molar-refractivity contribution is 0.0527. The van der Waals surface area contributed by atoms with Crippen molar-refractivity contribution in [2.45, 2.75) is 33.7 Å². The molecule has 0 spiro atoms. The second kappa shape index (κ2) is 7.52. The van der Waals surface area contributed by atoms with E-state index in [1.54, 1.807) is 26.0 Å². The van der Waals surface area contributed by atoms with Crippen LogP contribution < -0.4 is 15.4 Å². The molecular formula is C15H22N2O4. The molecule has 1 aromatic rings. The Morgan fingerprint density at radius 1 is 1.29 bits per heavy atom. The molecule has 0 aromatic heterocycles. The summed E-state index contributed by atoms with van der Waals surface area (Å²) in [6.45, 7) is 7.46. The van der Waals surface area contributed by atoms with Gasteiger partial charge in [0.15, 0.2) is 0 Å². The van der Waals surface area contributed by atoms with Crippen LogP contribution in [0.4, 0.5) is 10.5 Å². The van der Waals surface area contributed by atoms with Gasteiger partial charge in [-0.3, -0.25) is 0 Å². The minimum absolute atomic E-state index is 0.0113. The molecule has 0 aliphatic heterocycles. The number of methoxy groups -OCH3 is 1. The second-order valence-electron chi connectivity index (χ2n) is 4.84. The zero-order valence-electron chi connectivity index (χ0n) is 13.1. The van der Waals surface area contributed by atoms with Crippen LogP contribution in [0.5, 0.6) is 5.75 Å². The maximum atomic E-state index is 12.1. The van der Waals surface area contributed by atoms with E-state index in [4.69, 9.17) is 9.47 Å². The molecule has 0 aliphatic carbocycles. The molecule has 0 heterocycles. The van der Waals surface area contributed by atoms with Crippen LogP contribution >= 0.6 is 0 Å². The Morgan fingerprint density at radius 2 is 1.95 bits per heavy atom. The third-order valence-corrected chi connectivity index (χ3v) is 2.69. The summed E-state index contributed by atoms with van der Waals surface area (Å²) in [4.78, 5) is 23.9. The van der Waals surface area contributed by atoms with E-state index < -0.39 is 5.97 Å². The molecule has 0 bridgehead atoms. The third kappa shape index (κ3) is 4.66. The first-order chi connectivity index (χ1) is 9.88. The molecule has 0 unspecified atom stereocenters. The molecule has 0 saturated carbocycles. The highest BCUT2D eigenvalue weighted by Crippen LogP contribution is 2.27. The number of esters is 1. The predicted molar refractivity (Wildman–Crippen MR) is 81.0 cm³/mol. The van der Waals surface area contributed by atoms with Gasteiger partial charge in [-0.15, -0.1) is 0 Å². The molecular weight excluding hydrogens is 272 g/mol. The smallest absolute Gasteiger partial charge is 0.340 e. The molecule has 0 radical (unpaired) electrons. The number of urea groups is 1. The fourth-order valence-corrected chi connectivity index (χ4v) is 1.87. The zero-order chi connectivity index (χ0) is 16.0. The SMILES string of the molecule is CCOC(=O)c1c(C)cc(OC)cc1NC(=O)NC(C)C. The van der Waals surface area contributed by atoms with E-state index >= 15 is 0 Å². The number of amides is 2. The zero-order valence-corrected chi connectivity index (χ0v) is 13.1. The second-order valence-corrected chi connectivity index (χ2v) is 4.84. The van der Waals surface area contributed by atoms with E-state index in [0.717, 1.165) is 0 Å². The quantitative estimate of drug-likeness (QED) is 0.819. The number of hydrogen-bond donors (Lipinski definition) is 2. The number of carbonyl (C=O) groups is 2. The molecule has 6 nitrogen and oxygen atoms in total. The van der Waals surface area contributed by atoms with Gasteiger partial charge in [-0.05, 0) is 39.3 Å². The van der Waals surface area contributed by atoms with E-state index in [0.29, 0.717) is 22.6 Å². The Morgan fingerprint density at radius 3 is 2.48 bits per heavy atom. The van der Waals surface area contributed by atoms with Gasteiger partial charge in [-0.2, -0.15) is 0 Å². The molecule has 1 rings (SSSR count). The van der Waals surface area contributed by atoms with Crippen LogP contribution in [0.25, 0.3) is 0 Å². The third-order valence-electron chi connectivity index (χ3n) is 2.69. The summed E-state index contributed by atoms with van der Waals surface area (Å²) in [5.41, 5.74) is 1.37. The Hall–Kier alpha value is -2.24. The van der Waals surface area contributed by atoms with Crippen LogP contribution in [-0.4, -0.2) is 31.8 Å². The van der Waals surface area contributed by atoms with Gasteiger partial charge >= 0.3 is 12.0 Å². The molecule has 1 aromatic carbocycles. The van der Waals surface area contributed by atoms with E-state index in [9.17, 15) is 9.59 Å². The minimum Gasteiger partial charge on any atom is -0.497 e. The highest BCUT2D eigenvalue weighted by atomic mass is 16.5. The maximum absolute atomic E-state index is 12.1. The average molecular weight is 294 g/mol. The molecule has 116 valence electrons. The first kappa shape index (κ1) is 16.8. The van der Waals surface area contributed by atoms with Crippen molar-refractivity contribution in [1.29, 1.82) is 0 Å². The topological polar surface area (TPSA) is 76.7 Å². The normalized spacial score (nSPS) is 10.2. The van der Waals surface area contributed by atoms with Crippen molar-refractivity contribution in [2.24, 2.45) is 0 Å². The van der Waals surface area contributed by atoms with Crippen molar-refractivity contribution < 1.29 is 19.1 Å². The highest BCUT2D eigenvalue weighted by molar-refractivity contribution is 6.02. The van der Waals surface area contributed by atoms with Crippen LogP contribution in [0.3, 0.4) is 0 Å². The first-order valence-electron chi connectivity index (χ1n) is 6.82. The van der Waals surface area contributed by atoms with Gasteiger partial charge in [-0.25, -0.2) is 9.59 Å². The van der Waals surface area contributed by atoms with Crippen LogP contribution in [-0.2, 0) is 4.74 Å². The van der Waals surface area contributed by atoms with E-state index in [1.807, 2.05) is 13.8 Å². The van der Waals surface area contributed by atoms with Gasteiger partial charge in [-0.1, -0.05) is 0 Å². The number of rotatable bonds is 5. The van der Waals surface area contributed by atoms with Gasteiger partial charge in [0.05, 0.1) is 25.0 Å². The lowest BCUT2D eigenvalue weighted by Gasteiger charge is -2.16. The molecule has 2 amide bonds. The van der Waals surface area contributed by atoms with E-state index in [1.165, 1.54) is 7.11 Å². The number of aryl methyl sites for hydroxylation is 1. The number of ether oxygens (including phenoxy) is 2. The van der Waals surface area contributed by atoms with Gasteiger partial charge in [0, 0.05) is 12.1 Å². The van der Waals surface area contributed by atoms with Crippen LogP contribution in [0.15, 0.2) is 12.1 Å². The standard InChI is InChI=1S/C15H22N2O4/c1-6-21-14(18)13-10(4)7-11(20-5)8-12(13)17-15(19)16-9(2)3/h7-9H,6H2,1-5H3,(H2,16,17,19). The molecule has 2 N–H and O–H groups in total. The number of carbonyl (C=O) groups excluding carboxylic acids is 2. The van der Waals surface area contributed by atoms with Crippen molar-refractivity contribution in [2.75, 3.05) is 19.0 Å². The summed E-state index contributed by atoms with van der Waals surface area (Å²) in [5, 5.41) is 5.37. The first-order valence-corrected chi connectivity index (χ1v) is 6.82. The highest BCUT2D eigenvalue weighted by Gasteiger charge is 2.19. The summed E-state index contributed by atoms with van der Waals surface area (Å²) in [5.74, 6) is 0.0814. The lowest BCUT2D eigenvalue weighted by Crippen LogP contribution is -2.34. The number of hydrogen-bond acceptors (Lipinski definition) is 4. The van der Waals surface area contributed by atoms with E-state index in [2.05, 4.69) is 10.6 Å². The Kier molecular flexibility index (Phi) is 6.02. The van der Waals surface area contributed by atoms with Gasteiger partial charge < -0.3 is 20.1 Å². The fraction of sp³-hybridized carbons (Fsp3) is 0.467. The summed E-state index contributed by atoms with van der Waals surface area (Å²) < 4.78 is 10.2. The summed E-state index contributed by atoms with van der Waals surface area (Å²) >= 11 is 0. The molecule has 0 aliphatic rings. The minimum atomic E-state index is -0.475. The Labute approximate surface area is 124 Å². The molecule has 0 atom stereocenters. The number of nitrogens with one attached hydrogen (secondary N) is 2. The summed E-state index contributed by atoms with van der Waals surface area (Å²) in [6.07, 6.45) is 0. The van der Waals surface area contributed by atoms with Crippen molar-refractivity contribution in [3.05, 3.63) is 23.3 Å². The van der Waals surface area contributed by atoms with Gasteiger partial charge in [0.25, 0.3) is 0 Å². The molecule has 0 fully saturated rings. The van der Waals surface area contributed by atoms with Crippen LogP contribution in [0, 0.1) is 6.92 Å². The number of benzene rings is 1. The lowest BCUT2D eigenvalue weighted by atomic mass is 10.1. The monoisotopic (exact) mass is 294 g/mol. The molecule has 6 heteroatoms. The van der Waals surface area contributed by atoms with Crippen LogP contribution in [0.1, 0.15) is 36.7 Å². The Balaban J connectivity index is 3.16. The Bertz CT molecular complexity index is 527. The maximum Gasteiger partial charge on any atom is 0.340 e. The fourth-order valence-electron chi connectivity index (χ4n) is 1.87. The molecule has 21 heavy (non-hydrogen) atoms. The largest absolute Gasteiger partial charge is 0.497 e. The summed E-state index contributed by atoms with van der Waals surface area (Å²) in [7, 11) is 1.52. The average Bonchev–Trinajstić information content (AvgIpc) is 2.37. The van der Waals surface area contributed by atoms with Gasteiger partial charge in [0.1, 0.15) is 5.75 Å². The van der Waals surface area contributed by atoms with E-state index in [-0.39, 0.29) is 18.7 Å². The van der Waals surface area contributed by atoms with Gasteiger partial charge in [0.2, 0.25) is 0 Å². The van der Waals surface area contributed by atoms with Crippen molar-refractivity contribution in [1.82, 2.24) is 5.32 Å². The van der Waals surface area contributed by atoms with Crippen molar-refractivity contribution in [3.8, 4) is 5.75 Å². The van der Waals surface area contributed by atoms with Crippen molar-refractivity contribution in [3.63, 3.8) is 0 Å².